The van der Waals surface area contributed by atoms with Crippen molar-refractivity contribution in [1.82, 2.24) is 9.55 Å². The van der Waals surface area contributed by atoms with Crippen LogP contribution in [0.1, 0.15) is 38.6 Å². The van der Waals surface area contributed by atoms with Crippen LogP contribution in [-0.2, 0) is 19.5 Å². The number of amides is 1. The normalized spacial score (nSPS) is 10.9. The zero-order valence-electron chi connectivity index (χ0n) is 19.2. The average Bonchev–Trinajstić information content (AvgIpc) is 3.19. The molecule has 0 atom stereocenters. The lowest BCUT2D eigenvalue weighted by Gasteiger charge is -2.23. The lowest BCUT2D eigenvalue weighted by Crippen LogP contribution is -2.33. The van der Waals surface area contributed by atoms with Crippen molar-refractivity contribution < 1.29 is 4.79 Å². The standard InChI is InChI=1S/C28H30N4O/c1-21-17-24(13-14-25(21)18-29)28(33)32(27-11-7-4-8-12-27)16-15-26-20-31(22(2)30-26)19-23-9-5-3-6-10-23/h3-14,17,20H,15-16,18-19,29H2,1-2H3. The molecule has 0 aliphatic carbocycles. The first-order valence-electron chi connectivity index (χ1n) is 11.3. The van der Waals surface area contributed by atoms with E-state index in [0.29, 0.717) is 25.1 Å². The number of hydrogen-bond acceptors (Lipinski definition) is 3. The van der Waals surface area contributed by atoms with Crippen LogP contribution in [0.2, 0.25) is 0 Å². The van der Waals surface area contributed by atoms with Gasteiger partial charge in [0.05, 0.1) is 5.69 Å². The predicted octanol–water partition coefficient (Wildman–Crippen LogP) is 4.90. The highest BCUT2D eigenvalue weighted by Gasteiger charge is 2.19. The van der Waals surface area contributed by atoms with Gasteiger partial charge in [0.25, 0.3) is 5.91 Å². The van der Waals surface area contributed by atoms with Gasteiger partial charge >= 0.3 is 0 Å². The molecule has 0 unspecified atom stereocenters. The van der Waals surface area contributed by atoms with E-state index in [2.05, 4.69) is 22.9 Å². The summed E-state index contributed by atoms with van der Waals surface area (Å²) in [5, 5.41) is 0. The quantitative estimate of drug-likeness (QED) is 0.426. The summed E-state index contributed by atoms with van der Waals surface area (Å²) in [7, 11) is 0. The third kappa shape index (κ3) is 5.38. The number of benzene rings is 3. The molecule has 0 spiro atoms. The van der Waals surface area contributed by atoms with Crippen LogP contribution in [0.5, 0.6) is 0 Å². The Morgan fingerprint density at radius 1 is 0.970 bits per heavy atom. The van der Waals surface area contributed by atoms with E-state index in [4.69, 9.17) is 10.7 Å². The number of nitrogens with zero attached hydrogens (tertiary/aromatic N) is 3. The number of aryl methyl sites for hydroxylation is 2. The zero-order chi connectivity index (χ0) is 23.2. The van der Waals surface area contributed by atoms with Gasteiger partial charge in [0.2, 0.25) is 0 Å². The van der Waals surface area contributed by atoms with Crippen molar-refractivity contribution in [2.24, 2.45) is 5.73 Å². The first-order chi connectivity index (χ1) is 16.0. The van der Waals surface area contributed by atoms with E-state index < -0.39 is 0 Å². The molecule has 0 aliphatic rings. The SMILES string of the molecule is Cc1cc(C(=O)N(CCc2cn(Cc3ccccc3)c(C)n2)c2ccccc2)ccc1CN. The molecule has 5 nitrogen and oxygen atoms in total. The van der Waals surface area contributed by atoms with Crippen LogP contribution in [0, 0.1) is 13.8 Å². The number of anilines is 1. The van der Waals surface area contributed by atoms with Gasteiger partial charge in [-0.1, -0.05) is 54.6 Å². The van der Waals surface area contributed by atoms with Gasteiger partial charge in [-0.2, -0.15) is 0 Å². The van der Waals surface area contributed by atoms with Crippen LogP contribution in [-0.4, -0.2) is 22.0 Å². The third-order valence-corrected chi connectivity index (χ3v) is 5.94. The van der Waals surface area contributed by atoms with Crippen LogP contribution in [0.3, 0.4) is 0 Å². The maximum absolute atomic E-state index is 13.5. The van der Waals surface area contributed by atoms with Crippen molar-refractivity contribution in [3.8, 4) is 0 Å². The van der Waals surface area contributed by atoms with E-state index in [9.17, 15) is 4.79 Å². The summed E-state index contributed by atoms with van der Waals surface area (Å²) in [6.07, 6.45) is 2.76. The third-order valence-electron chi connectivity index (χ3n) is 5.94. The first-order valence-corrected chi connectivity index (χ1v) is 11.3. The number of rotatable bonds is 8. The molecule has 33 heavy (non-hydrogen) atoms. The molecule has 0 radical (unpaired) electrons. The number of carbonyl (C=O) groups excluding carboxylic acids is 1. The number of carbonyl (C=O) groups is 1. The topological polar surface area (TPSA) is 64.2 Å². The second kappa shape index (κ2) is 10.3. The maximum Gasteiger partial charge on any atom is 0.258 e. The Morgan fingerprint density at radius 3 is 2.33 bits per heavy atom. The minimum atomic E-state index is -0.0201. The Bertz CT molecular complexity index is 1220. The molecule has 2 N–H and O–H groups in total. The Labute approximate surface area is 195 Å². The molecule has 1 amide bonds. The fraction of sp³-hybridized carbons (Fsp3) is 0.214. The van der Waals surface area contributed by atoms with E-state index in [1.807, 2.05) is 85.5 Å². The van der Waals surface area contributed by atoms with Gasteiger partial charge < -0.3 is 15.2 Å². The summed E-state index contributed by atoms with van der Waals surface area (Å²) in [5.74, 6) is 0.952. The number of aromatic nitrogens is 2. The van der Waals surface area contributed by atoms with E-state index in [1.54, 1.807) is 0 Å². The molecule has 0 saturated heterocycles. The fourth-order valence-corrected chi connectivity index (χ4v) is 4.03. The van der Waals surface area contributed by atoms with Gasteiger partial charge in [-0.05, 0) is 54.8 Å². The van der Waals surface area contributed by atoms with E-state index in [-0.39, 0.29) is 5.91 Å². The second-order valence-corrected chi connectivity index (χ2v) is 8.28. The molecule has 0 fully saturated rings. The highest BCUT2D eigenvalue weighted by molar-refractivity contribution is 6.06. The molecule has 4 aromatic rings. The molecule has 0 saturated carbocycles. The Kier molecular flexibility index (Phi) is 7.01. The highest BCUT2D eigenvalue weighted by Crippen LogP contribution is 2.20. The number of imidazole rings is 1. The summed E-state index contributed by atoms with van der Waals surface area (Å²) in [6, 6.07) is 25.9. The molecule has 1 heterocycles. The molecule has 0 aliphatic heterocycles. The molecule has 168 valence electrons. The van der Waals surface area contributed by atoms with Crippen molar-refractivity contribution in [3.63, 3.8) is 0 Å². The Balaban J connectivity index is 1.54. The average molecular weight is 439 g/mol. The van der Waals surface area contributed by atoms with Crippen LogP contribution in [0.4, 0.5) is 5.69 Å². The van der Waals surface area contributed by atoms with Crippen molar-refractivity contribution in [3.05, 3.63) is 119 Å². The van der Waals surface area contributed by atoms with Gasteiger partial charge in [-0.15, -0.1) is 0 Å². The Morgan fingerprint density at radius 2 is 1.67 bits per heavy atom. The summed E-state index contributed by atoms with van der Waals surface area (Å²) < 4.78 is 2.16. The first kappa shape index (κ1) is 22.5. The van der Waals surface area contributed by atoms with Crippen LogP contribution in [0.25, 0.3) is 0 Å². The predicted molar refractivity (Wildman–Crippen MR) is 133 cm³/mol. The minimum Gasteiger partial charge on any atom is -0.330 e. The summed E-state index contributed by atoms with van der Waals surface area (Å²) in [5.41, 5.74) is 11.6. The van der Waals surface area contributed by atoms with Gasteiger partial charge in [0.1, 0.15) is 5.82 Å². The lowest BCUT2D eigenvalue weighted by molar-refractivity contribution is 0.0987. The summed E-state index contributed by atoms with van der Waals surface area (Å²) >= 11 is 0. The smallest absolute Gasteiger partial charge is 0.258 e. The molecule has 5 heteroatoms. The van der Waals surface area contributed by atoms with Crippen molar-refractivity contribution in [1.29, 1.82) is 0 Å². The number of nitrogens with two attached hydrogens (primary N) is 1. The highest BCUT2D eigenvalue weighted by atomic mass is 16.2. The second-order valence-electron chi connectivity index (χ2n) is 8.28. The summed E-state index contributed by atoms with van der Waals surface area (Å²) in [6.45, 7) is 5.81. The van der Waals surface area contributed by atoms with Gasteiger partial charge in [-0.3, -0.25) is 4.79 Å². The fourth-order valence-electron chi connectivity index (χ4n) is 4.03. The van der Waals surface area contributed by atoms with Crippen molar-refractivity contribution >= 4 is 11.6 Å². The maximum atomic E-state index is 13.5. The van der Waals surface area contributed by atoms with Gasteiger partial charge in [0, 0.05) is 43.5 Å². The van der Waals surface area contributed by atoms with Crippen LogP contribution < -0.4 is 10.6 Å². The van der Waals surface area contributed by atoms with E-state index >= 15 is 0 Å². The van der Waals surface area contributed by atoms with E-state index in [1.165, 1.54) is 5.56 Å². The lowest BCUT2D eigenvalue weighted by atomic mass is 10.0. The minimum absolute atomic E-state index is 0.0201. The zero-order valence-corrected chi connectivity index (χ0v) is 19.2. The van der Waals surface area contributed by atoms with Gasteiger partial charge in [-0.25, -0.2) is 4.98 Å². The van der Waals surface area contributed by atoms with Gasteiger partial charge in [0.15, 0.2) is 0 Å². The molecule has 0 bridgehead atoms. The van der Waals surface area contributed by atoms with Crippen LogP contribution in [0.15, 0.2) is 85.1 Å². The largest absolute Gasteiger partial charge is 0.330 e. The molecule has 1 aromatic heterocycles. The molecular formula is C28H30N4O. The molecule has 3 aromatic carbocycles. The van der Waals surface area contributed by atoms with E-state index in [0.717, 1.165) is 34.9 Å². The van der Waals surface area contributed by atoms with Crippen LogP contribution >= 0.6 is 0 Å². The van der Waals surface area contributed by atoms with Crippen molar-refractivity contribution in [2.45, 2.75) is 33.4 Å². The summed E-state index contributed by atoms with van der Waals surface area (Å²) in [4.78, 5) is 20.1. The Hall–Kier alpha value is -3.70. The molecular weight excluding hydrogens is 408 g/mol. The monoisotopic (exact) mass is 438 g/mol. The number of hydrogen-bond donors (Lipinski definition) is 1. The number of para-hydroxylation sites is 1. The molecule has 4 rings (SSSR count). The van der Waals surface area contributed by atoms with Crippen molar-refractivity contribution in [2.75, 3.05) is 11.4 Å².